The first kappa shape index (κ1) is 13.6. The highest BCUT2D eigenvalue weighted by Gasteiger charge is 2.20. The number of nitrogens with two attached hydrogens (primary N) is 1. The second-order valence-corrected chi connectivity index (χ2v) is 5.75. The fraction of sp³-hybridized carbons (Fsp3) is 0.625. The average molecular weight is 246 g/mol. The van der Waals surface area contributed by atoms with Crippen LogP contribution in [0.3, 0.4) is 0 Å². The molecule has 100 valence electrons. The van der Waals surface area contributed by atoms with E-state index < -0.39 is 0 Å². The Hall–Kier alpha value is -0.860. The molecule has 2 N–H and O–H groups in total. The molecule has 1 heterocycles. The molecule has 2 unspecified atom stereocenters. The molecule has 2 atom stereocenters. The summed E-state index contributed by atoms with van der Waals surface area (Å²) < 4.78 is 0. The maximum absolute atomic E-state index is 6.30. The fourth-order valence-corrected chi connectivity index (χ4v) is 2.80. The van der Waals surface area contributed by atoms with Crippen LogP contribution in [0.15, 0.2) is 24.3 Å². The molecule has 1 fully saturated rings. The second kappa shape index (κ2) is 6.35. The van der Waals surface area contributed by atoms with Gasteiger partial charge in [0.25, 0.3) is 0 Å². The normalized spacial score (nSPS) is 22.3. The third-order valence-corrected chi connectivity index (χ3v) is 3.91. The topological polar surface area (TPSA) is 29.3 Å². The third-order valence-electron chi connectivity index (χ3n) is 3.91. The number of likely N-dealkylation sites (tertiary alicyclic amines) is 1. The number of hydrogen-bond acceptors (Lipinski definition) is 2. The van der Waals surface area contributed by atoms with Crippen LogP contribution >= 0.6 is 0 Å². The summed E-state index contributed by atoms with van der Waals surface area (Å²) in [4.78, 5) is 2.50. The molecule has 0 aromatic heterocycles. The summed E-state index contributed by atoms with van der Waals surface area (Å²) in [5.74, 6) is 0.837. The van der Waals surface area contributed by atoms with Gasteiger partial charge < -0.3 is 10.6 Å². The van der Waals surface area contributed by atoms with Crippen LogP contribution in [-0.4, -0.2) is 24.5 Å². The van der Waals surface area contributed by atoms with E-state index >= 15 is 0 Å². The number of nitrogens with zero attached hydrogens (tertiary/aromatic N) is 1. The molecule has 0 radical (unpaired) electrons. The van der Waals surface area contributed by atoms with Gasteiger partial charge in [-0.3, -0.25) is 0 Å². The third kappa shape index (κ3) is 3.56. The fourth-order valence-electron chi connectivity index (χ4n) is 2.80. The first-order valence-electron chi connectivity index (χ1n) is 7.25. The van der Waals surface area contributed by atoms with Crippen LogP contribution in [0.5, 0.6) is 0 Å². The molecule has 1 aliphatic rings. The van der Waals surface area contributed by atoms with Gasteiger partial charge in [0.2, 0.25) is 0 Å². The molecule has 0 amide bonds. The van der Waals surface area contributed by atoms with Crippen molar-refractivity contribution < 1.29 is 0 Å². The number of rotatable bonds is 5. The van der Waals surface area contributed by atoms with E-state index in [9.17, 15) is 0 Å². The highest BCUT2D eigenvalue weighted by atomic mass is 15.2. The predicted molar refractivity (Wildman–Crippen MR) is 77.6 cm³/mol. The van der Waals surface area contributed by atoms with Crippen LogP contribution in [0, 0.1) is 5.92 Å². The molecule has 0 saturated carbocycles. The standard InChI is InChI=1S/C16H26N2/c1-3-4-14-5-7-15(8-6-14)16(17)12-18-10-9-13(2)11-18/h5-8,13,16H,3-4,9-12,17H2,1-2H3. The quantitative estimate of drug-likeness (QED) is 0.865. The highest BCUT2D eigenvalue weighted by molar-refractivity contribution is 5.25. The zero-order valence-electron chi connectivity index (χ0n) is 11.7. The van der Waals surface area contributed by atoms with E-state index in [0.717, 1.165) is 12.5 Å². The van der Waals surface area contributed by atoms with Gasteiger partial charge in [-0.1, -0.05) is 44.5 Å². The lowest BCUT2D eigenvalue weighted by atomic mass is 10.0. The zero-order chi connectivity index (χ0) is 13.0. The van der Waals surface area contributed by atoms with Gasteiger partial charge >= 0.3 is 0 Å². The largest absolute Gasteiger partial charge is 0.323 e. The maximum Gasteiger partial charge on any atom is 0.0424 e. The summed E-state index contributed by atoms with van der Waals surface area (Å²) in [6.07, 6.45) is 3.69. The van der Waals surface area contributed by atoms with Gasteiger partial charge in [-0.15, -0.1) is 0 Å². The maximum atomic E-state index is 6.30. The Kier molecular flexibility index (Phi) is 4.79. The molecular formula is C16H26N2. The molecule has 1 aromatic rings. The van der Waals surface area contributed by atoms with Crippen molar-refractivity contribution in [1.29, 1.82) is 0 Å². The van der Waals surface area contributed by atoms with Gasteiger partial charge in [-0.2, -0.15) is 0 Å². The van der Waals surface area contributed by atoms with Crippen LogP contribution < -0.4 is 5.73 Å². The first-order chi connectivity index (χ1) is 8.69. The van der Waals surface area contributed by atoms with E-state index in [2.05, 4.69) is 43.0 Å². The predicted octanol–water partition coefficient (Wildman–Crippen LogP) is 2.98. The Morgan fingerprint density at radius 3 is 2.61 bits per heavy atom. The van der Waals surface area contributed by atoms with Gasteiger partial charge in [0.1, 0.15) is 0 Å². The summed E-state index contributed by atoms with van der Waals surface area (Å²) in [7, 11) is 0. The van der Waals surface area contributed by atoms with Crippen LogP contribution in [0.4, 0.5) is 0 Å². The molecule has 1 saturated heterocycles. The van der Waals surface area contributed by atoms with Crippen LogP contribution in [-0.2, 0) is 6.42 Å². The molecule has 2 heteroatoms. The summed E-state index contributed by atoms with van der Waals surface area (Å²) in [5, 5.41) is 0. The van der Waals surface area contributed by atoms with Crippen molar-refractivity contribution in [3.8, 4) is 0 Å². The monoisotopic (exact) mass is 246 g/mol. The van der Waals surface area contributed by atoms with Crippen LogP contribution in [0.25, 0.3) is 0 Å². The van der Waals surface area contributed by atoms with E-state index in [4.69, 9.17) is 5.73 Å². The van der Waals surface area contributed by atoms with Crippen molar-refractivity contribution >= 4 is 0 Å². The molecule has 0 aliphatic carbocycles. The summed E-state index contributed by atoms with van der Waals surface area (Å²) in [6.45, 7) is 7.96. The van der Waals surface area contributed by atoms with Gasteiger partial charge in [-0.05, 0) is 36.4 Å². The molecule has 0 bridgehead atoms. The second-order valence-electron chi connectivity index (χ2n) is 5.75. The number of benzene rings is 1. The molecule has 2 nitrogen and oxygen atoms in total. The van der Waals surface area contributed by atoms with Crippen molar-refractivity contribution in [2.75, 3.05) is 19.6 Å². The molecule has 0 spiro atoms. The Morgan fingerprint density at radius 1 is 1.33 bits per heavy atom. The summed E-state index contributed by atoms with van der Waals surface area (Å²) >= 11 is 0. The minimum atomic E-state index is 0.158. The van der Waals surface area contributed by atoms with Crippen molar-refractivity contribution in [2.45, 2.75) is 39.2 Å². The molecular weight excluding hydrogens is 220 g/mol. The molecule has 18 heavy (non-hydrogen) atoms. The smallest absolute Gasteiger partial charge is 0.0424 e. The van der Waals surface area contributed by atoms with Crippen molar-refractivity contribution in [2.24, 2.45) is 11.7 Å². The molecule has 1 aromatic carbocycles. The minimum absolute atomic E-state index is 0.158. The van der Waals surface area contributed by atoms with Crippen LogP contribution in [0.2, 0.25) is 0 Å². The Labute approximate surface area is 111 Å². The van der Waals surface area contributed by atoms with Gasteiger partial charge in [0.05, 0.1) is 0 Å². The lowest BCUT2D eigenvalue weighted by Crippen LogP contribution is -2.30. The summed E-state index contributed by atoms with van der Waals surface area (Å²) in [5.41, 5.74) is 8.99. The minimum Gasteiger partial charge on any atom is -0.323 e. The van der Waals surface area contributed by atoms with E-state index in [1.807, 2.05) is 0 Å². The Morgan fingerprint density at radius 2 is 2.06 bits per heavy atom. The van der Waals surface area contributed by atoms with E-state index in [1.165, 1.54) is 43.5 Å². The SMILES string of the molecule is CCCc1ccc(C(N)CN2CCC(C)C2)cc1. The molecule has 1 aliphatic heterocycles. The van der Waals surface area contributed by atoms with Crippen molar-refractivity contribution in [1.82, 2.24) is 4.90 Å². The summed E-state index contributed by atoms with van der Waals surface area (Å²) in [6, 6.07) is 9.02. The van der Waals surface area contributed by atoms with Gasteiger partial charge in [0, 0.05) is 19.1 Å². The van der Waals surface area contributed by atoms with Crippen LogP contribution in [0.1, 0.15) is 43.9 Å². The average Bonchev–Trinajstić information content (AvgIpc) is 2.76. The van der Waals surface area contributed by atoms with E-state index in [-0.39, 0.29) is 6.04 Å². The van der Waals surface area contributed by atoms with E-state index in [1.54, 1.807) is 0 Å². The molecule has 2 rings (SSSR count). The van der Waals surface area contributed by atoms with E-state index in [0.29, 0.717) is 0 Å². The lowest BCUT2D eigenvalue weighted by molar-refractivity contribution is 0.306. The van der Waals surface area contributed by atoms with Crippen molar-refractivity contribution in [3.63, 3.8) is 0 Å². The highest BCUT2D eigenvalue weighted by Crippen LogP contribution is 2.19. The first-order valence-corrected chi connectivity index (χ1v) is 7.25. The Balaban J connectivity index is 1.90. The number of hydrogen-bond donors (Lipinski definition) is 1. The lowest BCUT2D eigenvalue weighted by Gasteiger charge is -2.21. The zero-order valence-corrected chi connectivity index (χ0v) is 11.7. The van der Waals surface area contributed by atoms with Crippen molar-refractivity contribution in [3.05, 3.63) is 35.4 Å². The van der Waals surface area contributed by atoms with Gasteiger partial charge in [-0.25, -0.2) is 0 Å². The number of aryl methyl sites for hydroxylation is 1. The Bertz CT molecular complexity index is 358. The van der Waals surface area contributed by atoms with Gasteiger partial charge in [0.15, 0.2) is 0 Å².